The number of methoxy groups -OCH3 is 2. The van der Waals surface area contributed by atoms with Gasteiger partial charge < -0.3 is 21.9 Å². The predicted octanol–water partition coefficient (Wildman–Crippen LogP) is 0.492. The molecule has 0 spiro atoms. The van der Waals surface area contributed by atoms with Crippen LogP contribution in [-0.2, 0) is 7.05 Å². The number of aromatic nitrogens is 1. The van der Waals surface area contributed by atoms with Crippen LogP contribution in [0, 0.1) is 0 Å². The van der Waals surface area contributed by atoms with E-state index in [1.54, 1.807) is 14.2 Å². The van der Waals surface area contributed by atoms with Crippen LogP contribution in [-0.4, -0.2) is 14.2 Å². The van der Waals surface area contributed by atoms with Crippen molar-refractivity contribution in [2.75, 3.05) is 14.2 Å². The van der Waals surface area contributed by atoms with E-state index in [4.69, 9.17) is 21.1 Å². The number of rotatable bonds is 2. The molecule has 0 aliphatic heterocycles. The molecule has 1 heterocycles. The minimum Gasteiger partial charge on any atom is -1.00 e. The van der Waals surface area contributed by atoms with Gasteiger partial charge in [-0.2, -0.15) is 0 Å². The summed E-state index contributed by atoms with van der Waals surface area (Å²) < 4.78 is 12.8. The third-order valence-corrected chi connectivity index (χ3v) is 3.75. The number of aryl methyl sites for hydroxylation is 1. The molecular weight excluding hydrogens is 309 g/mol. The second-order valence-corrected chi connectivity index (χ2v) is 5.13. The number of halogens is 2. The van der Waals surface area contributed by atoms with Gasteiger partial charge in [0.25, 0.3) is 0 Å². The molecule has 0 aliphatic carbocycles. The molecule has 0 atom stereocenters. The molecule has 110 valence electrons. The summed E-state index contributed by atoms with van der Waals surface area (Å²) in [5, 5.41) is 4.00. The van der Waals surface area contributed by atoms with Crippen LogP contribution in [0.5, 0.6) is 11.5 Å². The number of fused-ring (bicyclic) bond motifs is 3. The lowest BCUT2D eigenvalue weighted by Crippen LogP contribution is -3.00. The highest BCUT2D eigenvalue weighted by Gasteiger charge is 2.14. The first-order valence-electron chi connectivity index (χ1n) is 6.27. The summed E-state index contributed by atoms with van der Waals surface area (Å²) in [5.74, 6) is 1.44. The molecule has 0 N–H and O–H groups in total. The lowest BCUT2D eigenvalue weighted by Gasteiger charge is -2.10. The van der Waals surface area contributed by atoms with Crippen molar-refractivity contribution in [3.05, 3.63) is 41.6 Å². The monoisotopic (exact) mass is 323 g/mol. The van der Waals surface area contributed by atoms with Crippen molar-refractivity contribution in [1.82, 2.24) is 0 Å². The van der Waals surface area contributed by atoms with Gasteiger partial charge in [-0.15, -0.1) is 0 Å². The standard InChI is InChI=1S/C16H15ClNO2.ClH/c1-18-9-10-6-15(19-2)16(20-3)8-12(10)13-7-11(17)4-5-14(13)18;/h4-9H,1-3H3;1H/q+1;/p-1. The molecule has 0 saturated carbocycles. The Balaban J connectivity index is 0.00000161. The summed E-state index contributed by atoms with van der Waals surface area (Å²) in [6.45, 7) is 0. The van der Waals surface area contributed by atoms with Gasteiger partial charge in [0.1, 0.15) is 7.05 Å². The van der Waals surface area contributed by atoms with Gasteiger partial charge in [-0.3, -0.25) is 0 Å². The summed E-state index contributed by atoms with van der Waals surface area (Å²) in [4.78, 5) is 0. The van der Waals surface area contributed by atoms with Gasteiger partial charge in [0.05, 0.1) is 25.0 Å². The average Bonchev–Trinajstić information content (AvgIpc) is 2.46. The molecular formula is C16H15Cl2NO2. The van der Waals surface area contributed by atoms with Gasteiger partial charge in [0.15, 0.2) is 17.7 Å². The Morgan fingerprint density at radius 1 is 0.952 bits per heavy atom. The minimum atomic E-state index is 0. The number of hydrogen-bond donors (Lipinski definition) is 0. The molecule has 0 saturated heterocycles. The molecule has 0 unspecified atom stereocenters. The van der Waals surface area contributed by atoms with Gasteiger partial charge in [-0.25, -0.2) is 4.57 Å². The Hall–Kier alpha value is -1.71. The molecule has 5 heteroatoms. The predicted molar refractivity (Wildman–Crippen MR) is 80.7 cm³/mol. The molecule has 2 aromatic carbocycles. The van der Waals surface area contributed by atoms with Gasteiger partial charge in [-0.1, -0.05) is 11.6 Å². The van der Waals surface area contributed by atoms with Crippen molar-refractivity contribution in [2.45, 2.75) is 0 Å². The van der Waals surface area contributed by atoms with E-state index in [0.717, 1.165) is 38.2 Å². The van der Waals surface area contributed by atoms with Gasteiger partial charge in [0, 0.05) is 16.5 Å². The van der Waals surface area contributed by atoms with E-state index in [1.807, 2.05) is 37.4 Å². The fourth-order valence-electron chi connectivity index (χ4n) is 2.54. The second-order valence-electron chi connectivity index (χ2n) is 4.70. The van der Waals surface area contributed by atoms with E-state index in [9.17, 15) is 0 Å². The zero-order valence-electron chi connectivity index (χ0n) is 12.0. The maximum absolute atomic E-state index is 6.14. The molecule has 0 bridgehead atoms. The quantitative estimate of drug-likeness (QED) is 0.506. The van der Waals surface area contributed by atoms with E-state index in [0.29, 0.717) is 0 Å². The molecule has 0 radical (unpaired) electrons. The third kappa shape index (κ3) is 2.59. The molecule has 0 fully saturated rings. The van der Waals surface area contributed by atoms with Crippen molar-refractivity contribution >= 4 is 33.3 Å². The minimum absolute atomic E-state index is 0. The highest BCUT2D eigenvalue weighted by atomic mass is 35.5. The van der Waals surface area contributed by atoms with Crippen LogP contribution in [0.1, 0.15) is 0 Å². The van der Waals surface area contributed by atoms with Crippen LogP contribution in [0.3, 0.4) is 0 Å². The van der Waals surface area contributed by atoms with Crippen molar-refractivity contribution in [2.24, 2.45) is 7.05 Å². The van der Waals surface area contributed by atoms with Crippen LogP contribution in [0.2, 0.25) is 5.02 Å². The first-order valence-corrected chi connectivity index (χ1v) is 6.65. The van der Waals surface area contributed by atoms with Crippen molar-refractivity contribution in [3.8, 4) is 11.5 Å². The lowest BCUT2D eigenvalue weighted by atomic mass is 10.1. The Morgan fingerprint density at radius 2 is 1.62 bits per heavy atom. The first-order chi connectivity index (χ1) is 9.63. The SMILES string of the molecule is COc1cc2c[n+](C)c3ccc(Cl)cc3c2cc1OC.[Cl-]. The van der Waals surface area contributed by atoms with Gasteiger partial charge in [0.2, 0.25) is 5.52 Å². The van der Waals surface area contributed by atoms with Gasteiger partial charge in [-0.05, 0) is 24.3 Å². The smallest absolute Gasteiger partial charge is 0.212 e. The Kier molecular flexibility index (Phi) is 4.45. The zero-order chi connectivity index (χ0) is 14.3. The largest absolute Gasteiger partial charge is 1.00 e. The summed E-state index contributed by atoms with van der Waals surface area (Å²) in [7, 11) is 5.30. The normalized spacial score (nSPS) is 10.5. The number of ether oxygens (including phenoxy) is 2. The third-order valence-electron chi connectivity index (χ3n) is 3.52. The summed E-state index contributed by atoms with van der Waals surface area (Å²) in [5.41, 5.74) is 1.12. The first kappa shape index (κ1) is 15.7. The highest BCUT2D eigenvalue weighted by molar-refractivity contribution is 6.31. The molecule has 21 heavy (non-hydrogen) atoms. The van der Waals surface area contributed by atoms with Crippen LogP contribution in [0.4, 0.5) is 0 Å². The molecule has 0 aliphatic rings. The fourth-order valence-corrected chi connectivity index (χ4v) is 2.72. The van der Waals surface area contributed by atoms with E-state index in [2.05, 4.69) is 10.8 Å². The molecule has 1 aromatic heterocycles. The van der Waals surface area contributed by atoms with E-state index in [-0.39, 0.29) is 12.4 Å². The van der Waals surface area contributed by atoms with E-state index < -0.39 is 0 Å². The molecule has 3 rings (SSSR count). The average molecular weight is 324 g/mol. The van der Waals surface area contributed by atoms with E-state index in [1.165, 1.54) is 0 Å². The van der Waals surface area contributed by atoms with Gasteiger partial charge >= 0.3 is 0 Å². The highest BCUT2D eigenvalue weighted by Crippen LogP contribution is 2.35. The Bertz CT molecular complexity index is 818. The van der Waals surface area contributed by atoms with Crippen LogP contribution in [0.25, 0.3) is 21.7 Å². The Morgan fingerprint density at radius 3 is 2.29 bits per heavy atom. The number of hydrogen-bond acceptors (Lipinski definition) is 2. The topological polar surface area (TPSA) is 22.3 Å². The zero-order valence-corrected chi connectivity index (χ0v) is 13.5. The fraction of sp³-hybridized carbons (Fsp3) is 0.188. The van der Waals surface area contributed by atoms with Crippen LogP contribution >= 0.6 is 11.6 Å². The van der Waals surface area contributed by atoms with Crippen LogP contribution < -0.4 is 26.4 Å². The van der Waals surface area contributed by atoms with Crippen LogP contribution in [0.15, 0.2) is 36.5 Å². The summed E-state index contributed by atoms with van der Waals surface area (Å²) in [6, 6.07) is 9.87. The number of benzene rings is 2. The molecule has 3 nitrogen and oxygen atoms in total. The van der Waals surface area contributed by atoms with Crippen molar-refractivity contribution in [1.29, 1.82) is 0 Å². The van der Waals surface area contributed by atoms with E-state index >= 15 is 0 Å². The lowest BCUT2D eigenvalue weighted by molar-refractivity contribution is -0.643. The summed E-state index contributed by atoms with van der Waals surface area (Å²) in [6.07, 6.45) is 2.08. The summed E-state index contributed by atoms with van der Waals surface area (Å²) >= 11 is 6.14. The number of nitrogens with zero attached hydrogens (tertiary/aromatic N) is 1. The molecule has 3 aromatic rings. The maximum Gasteiger partial charge on any atom is 0.212 e. The number of pyridine rings is 1. The molecule has 0 amide bonds. The van der Waals surface area contributed by atoms with Crippen molar-refractivity contribution < 1.29 is 26.4 Å². The maximum atomic E-state index is 6.14. The second kappa shape index (κ2) is 5.96. The Labute approximate surface area is 134 Å². The van der Waals surface area contributed by atoms with Crippen molar-refractivity contribution in [3.63, 3.8) is 0 Å².